The molecule has 16 heavy (non-hydrogen) atoms. The van der Waals surface area contributed by atoms with Crippen molar-refractivity contribution in [3.8, 4) is 5.88 Å². The number of nitrogens with zero attached hydrogens (tertiary/aromatic N) is 2. The second-order valence-electron chi connectivity index (χ2n) is 3.36. The highest BCUT2D eigenvalue weighted by molar-refractivity contribution is 5.48. The predicted octanol–water partition coefficient (Wildman–Crippen LogP) is 1.23. The maximum Gasteiger partial charge on any atom is 0.221 e. The zero-order valence-corrected chi connectivity index (χ0v) is 9.86. The van der Waals surface area contributed by atoms with Gasteiger partial charge in [-0.1, -0.05) is 13.8 Å². The summed E-state index contributed by atoms with van der Waals surface area (Å²) in [5, 5.41) is 12.0. The van der Waals surface area contributed by atoms with Crippen LogP contribution in [0.5, 0.6) is 5.88 Å². The Hall–Kier alpha value is -1.36. The van der Waals surface area contributed by atoms with Gasteiger partial charge in [0.1, 0.15) is 18.8 Å². The lowest BCUT2D eigenvalue weighted by atomic mass is 10.2. The van der Waals surface area contributed by atoms with Crippen LogP contribution in [0, 0.1) is 0 Å². The van der Waals surface area contributed by atoms with Crippen LogP contribution in [0.25, 0.3) is 0 Å². The fraction of sp³-hybridized carbons (Fsp3) is 0.636. The molecule has 90 valence electrons. The van der Waals surface area contributed by atoms with E-state index in [1.54, 1.807) is 0 Å². The number of rotatable bonds is 7. The zero-order chi connectivity index (χ0) is 11.8. The summed E-state index contributed by atoms with van der Waals surface area (Å²) < 4.78 is 5.36. The van der Waals surface area contributed by atoms with E-state index < -0.39 is 0 Å². The third-order valence-corrected chi connectivity index (χ3v) is 2.13. The normalized spacial score (nSPS) is 10.2. The van der Waals surface area contributed by atoms with Crippen LogP contribution < -0.4 is 10.1 Å². The van der Waals surface area contributed by atoms with Crippen molar-refractivity contribution in [2.45, 2.75) is 26.7 Å². The number of hydrogen-bond acceptors (Lipinski definition) is 5. The van der Waals surface area contributed by atoms with Crippen molar-refractivity contribution in [3.63, 3.8) is 0 Å². The third-order valence-electron chi connectivity index (χ3n) is 2.13. The smallest absolute Gasteiger partial charge is 0.221 e. The van der Waals surface area contributed by atoms with E-state index in [0.29, 0.717) is 5.88 Å². The molecule has 2 N–H and O–H groups in total. The third kappa shape index (κ3) is 3.34. The first-order valence-electron chi connectivity index (χ1n) is 5.64. The zero-order valence-electron chi connectivity index (χ0n) is 9.86. The van der Waals surface area contributed by atoms with Crippen molar-refractivity contribution < 1.29 is 9.84 Å². The SMILES string of the molecule is CCCNc1ncnc(OCCO)c1CC. The Labute approximate surface area is 95.9 Å². The molecular weight excluding hydrogens is 206 g/mol. The van der Waals surface area contributed by atoms with Gasteiger partial charge in [-0.25, -0.2) is 9.97 Å². The van der Waals surface area contributed by atoms with Gasteiger partial charge < -0.3 is 15.2 Å². The molecule has 0 saturated carbocycles. The number of nitrogens with one attached hydrogen (secondary N) is 1. The number of hydrogen-bond donors (Lipinski definition) is 2. The van der Waals surface area contributed by atoms with Crippen LogP contribution in [0.15, 0.2) is 6.33 Å². The summed E-state index contributed by atoms with van der Waals surface area (Å²) in [5.74, 6) is 1.39. The van der Waals surface area contributed by atoms with Gasteiger partial charge in [0.15, 0.2) is 0 Å². The van der Waals surface area contributed by atoms with E-state index in [-0.39, 0.29) is 13.2 Å². The van der Waals surface area contributed by atoms with Gasteiger partial charge in [0.25, 0.3) is 0 Å². The monoisotopic (exact) mass is 225 g/mol. The van der Waals surface area contributed by atoms with Gasteiger partial charge in [-0.15, -0.1) is 0 Å². The largest absolute Gasteiger partial charge is 0.475 e. The maximum absolute atomic E-state index is 8.72. The van der Waals surface area contributed by atoms with E-state index in [1.807, 2.05) is 6.92 Å². The predicted molar refractivity (Wildman–Crippen MR) is 62.8 cm³/mol. The molecular formula is C11H19N3O2. The molecule has 5 nitrogen and oxygen atoms in total. The van der Waals surface area contributed by atoms with Gasteiger partial charge in [0.2, 0.25) is 5.88 Å². The van der Waals surface area contributed by atoms with Crippen LogP contribution in [0.3, 0.4) is 0 Å². The van der Waals surface area contributed by atoms with Gasteiger partial charge >= 0.3 is 0 Å². The standard InChI is InChI=1S/C11H19N3O2/c1-3-5-12-10-9(4-2)11(14-8-13-10)16-7-6-15/h8,15H,3-7H2,1-2H3,(H,12,13,14). The van der Waals surface area contributed by atoms with Crippen LogP contribution in [-0.2, 0) is 6.42 Å². The average molecular weight is 225 g/mol. The summed E-state index contributed by atoms with van der Waals surface area (Å²) in [6.07, 6.45) is 3.32. The summed E-state index contributed by atoms with van der Waals surface area (Å²) in [5.41, 5.74) is 0.962. The quantitative estimate of drug-likeness (QED) is 0.730. The van der Waals surface area contributed by atoms with E-state index in [4.69, 9.17) is 9.84 Å². The molecule has 1 aromatic heterocycles. The van der Waals surface area contributed by atoms with E-state index in [1.165, 1.54) is 6.33 Å². The van der Waals surface area contributed by atoms with E-state index in [2.05, 4.69) is 22.2 Å². The van der Waals surface area contributed by atoms with Crippen LogP contribution in [-0.4, -0.2) is 34.8 Å². The Morgan fingerprint density at radius 2 is 2.19 bits per heavy atom. The second kappa shape index (κ2) is 7.00. The summed E-state index contributed by atoms with van der Waals surface area (Å²) in [6.45, 7) is 5.26. The molecule has 0 saturated heterocycles. The number of aromatic nitrogens is 2. The molecule has 0 spiro atoms. The van der Waals surface area contributed by atoms with Crippen molar-refractivity contribution in [1.29, 1.82) is 0 Å². The highest BCUT2D eigenvalue weighted by Crippen LogP contribution is 2.22. The molecule has 0 bridgehead atoms. The Bertz CT molecular complexity index is 292. The Morgan fingerprint density at radius 3 is 2.81 bits per heavy atom. The number of aliphatic hydroxyl groups excluding tert-OH is 1. The first kappa shape index (κ1) is 12.7. The Kier molecular flexibility index (Phi) is 5.56. The van der Waals surface area contributed by atoms with Crippen LogP contribution in [0.1, 0.15) is 25.8 Å². The number of aliphatic hydroxyl groups is 1. The molecule has 0 amide bonds. The molecule has 1 heterocycles. The molecule has 5 heteroatoms. The molecule has 1 aromatic rings. The van der Waals surface area contributed by atoms with Crippen LogP contribution in [0.2, 0.25) is 0 Å². The molecule has 0 aliphatic carbocycles. The molecule has 0 aliphatic heterocycles. The van der Waals surface area contributed by atoms with E-state index in [9.17, 15) is 0 Å². The average Bonchev–Trinajstić information content (AvgIpc) is 2.33. The van der Waals surface area contributed by atoms with Gasteiger partial charge in [-0.05, 0) is 12.8 Å². The first-order chi connectivity index (χ1) is 7.83. The summed E-state index contributed by atoms with van der Waals surface area (Å²) in [6, 6.07) is 0. The molecule has 0 radical (unpaired) electrons. The lowest BCUT2D eigenvalue weighted by molar-refractivity contribution is 0.195. The summed E-state index contributed by atoms with van der Waals surface area (Å²) in [7, 11) is 0. The minimum atomic E-state index is -0.00905. The van der Waals surface area contributed by atoms with E-state index >= 15 is 0 Å². The lowest BCUT2D eigenvalue weighted by Gasteiger charge is -2.12. The van der Waals surface area contributed by atoms with Gasteiger partial charge in [0, 0.05) is 6.54 Å². The topological polar surface area (TPSA) is 67.3 Å². The van der Waals surface area contributed by atoms with Crippen molar-refractivity contribution in [1.82, 2.24) is 9.97 Å². The van der Waals surface area contributed by atoms with Crippen LogP contribution in [0.4, 0.5) is 5.82 Å². The van der Waals surface area contributed by atoms with Crippen molar-refractivity contribution in [3.05, 3.63) is 11.9 Å². The fourth-order valence-electron chi connectivity index (χ4n) is 1.38. The van der Waals surface area contributed by atoms with Crippen molar-refractivity contribution in [2.24, 2.45) is 0 Å². The summed E-state index contributed by atoms with van der Waals surface area (Å²) in [4.78, 5) is 8.26. The number of anilines is 1. The highest BCUT2D eigenvalue weighted by atomic mass is 16.5. The number of ether oxygens (including phenoxy) is 1. The minimum Gasteiger partial charge on any atom is -0.475 e. The van der Waals surface area contributed by atoms with E-state index in [0.717, 1.165) is 30.8 Å². The molecule has 1 rings (SSSR count). The molecule has 0 atom stereocenters. The first-order valence-corrected chi connectivity index (χ1v) is 5.64. The highest BCUT2D eigenvalue weighted by Gasteiger charge is 2.10. The lowest BCUT2D eigenvalue weighted by Crippen LogP contribution is -2.10. The van der Waals surface area contributed by atoms with Crippen LogP contribution >= 0.6 is 0 Å². The van der Waals surface area contributed by atoms with Gasteiger partial charge in [-0.2, -0.15) is 0 Å². The molecule has 0 fully saturated rings. The van der Waals surface area contributed by atoms with Crippen molar-refractivity contribution in [2.75, 3.05) is 25.1 Å². The molecule has 0 aromatic carbocycles. The van der Waals surface area contributed by atoms with Crippen molar-refractivity contribution >= 4 is 5.82 Å². The summed E-state index contributed by atoms with van der Waals surface area (Å²) >= 11 is 0. The maximum atomic E-state index is 8.72. The second-order valence-corrected chi connectivity index (χ2v) is 3.36. The fourth-order valence-corrected chi connectivity index (χ4v) is 1.38. The molecule has 0 aliphatic rings. The minimum absolute atomic E-state index is 0.00905. The van der Waals surface area contributed by atoms with Gasteiger partial charge in [-0.3, -0.25) is 0 Å². The van der Waals surface area contributed by atoms with Gasteiger partial charge in [0.05, 0.1) is 12.2 Å². The Balaban J connectivity index is 2.82. The Morgan fingerprint density at radius 1 is 1.38 bits per heavy atom. The molecule has 0 unspecified atom stereocenters.